The summed E-state index contributed by atoms with van der Waals surface area (Å²) in [5.74, 6) is -0.317. The van der Waals surface area contributed by atoms with E-state index in [1.165, 1.54) is 0 Å². The van der Waals surface area contributed by atoms with E-state index in [2.05, 4.69) is 36.3 Å². The molecule has 1 aliphatic heterocycles. The molecular weight excluding hydrogens is 678 g/mol. The molecule has 0 atom stereocenters. The molecule has 2 aliphatic rings. The van der Waals surface area contributed by atoms with Crippen LogP contribution in [0.15, 0.2) is 36.4 Å². The van der Waals surface area contributed by atoms with Crippen molar-refractivity contribution in [1.29, 1.82) is 0 Å². The summed E-state index contributed by atoms with van der Waals surface area (Å²) in [4.78, 5) is 50.6. The van der Waals surface area contributed by atoms with Crippen LogP contribution in [0.2, 0.25) is 5.02 Å². The van der Waals surface area contributed by atoms with Crippen LogP contribution in [-0.2, 0) is 44.7 Å². The molecule has 11 nitrogen and oxygen atoms in total. The van der Waals surface area contributed by atoms with Crippen molar-refractivity contribution in [2.75, 3.05) is 17.2 Å². The van der Waals surface area contributed by atoms with Gasteiger partial charge < -0.3 is 24.9 Å². The Morgan fingerprint density at radius 1 is 0.923 bits per heavy atom. The van der Waals surface area contributed by atoms with Gasteiger partial charge in [-0.2, -0.15) is 0 Å². The number of halogens is 1. The maximum absolute atomic E-state index is 13.7. The Bertz CT molecular complexity index is 1990. The van der Waals surface area contributed by atoms with Crippen LogP contribution in [0.25, 0.3) is 11.1 Å². The van der Waals surface area contributed by atoms with Gasteiger partial charge in [0.25, 0.3) is 11.8 Å². The van der Waals surface area contributed by atoms with Crippen LogP contribution in [0.4, 0.5) is 11.4 Å². The van der Waals surface area contributed by atoms with Crippen LogP contribution in [0, 0.1) is 18.8 Å². The molecule has 12 heteroatoms. The van der Waals surface area contributed by atoms with Gasteiger partial charge in [0.2, 0.25) is 0 Å². The molecule has 52 heavy (non-hydrogen) atoms. The van der Waals surface area contributed by atoms with E-state index in [4.69, 9.17) is 21.6 Å². The third-order valence-electron chi connectivity index (χ3n) is 11.0. The number of nitrogens with zero attached hydrogens (tertiary/aromatic N) is 5. The molecular formula is C40H50ClN7O4. The number of benzene rings is 2. The van der Waals surface area contributed by atoms with Gasteiger partial charge in [0.15, 0.2) is 11.6 Å². The number of anilines is 2. The van der Waals surface area contributed by atoms with Crippen LogP contribution in [0.1, 0.15) is 102 Å². The van der Waals surface area contributed by atoms with Gasteiger partial charge in [-0.25, -0.2) is 9.97 Å². The summed E-state index contributed by atoms with van der Waals surface area (Å²) >= 11 is 6.98. The number of hydrogen-bond donors (Lipinski definition) is 3. The topological polar surface area (TPSA) is 134 Å². The largest absolute Gasteiger partial charge is 0.481 e. The molecule has 0 radical (unpaired) electrons. The molecule has 6 rings (SSSR count). The Kier molecular flexibility index (Phi) is 11.2. The monoisotopic (exact) mass is 727 g/mol. The van der Waals surface area contributed by atoms with Crippen molar-refractivity contribution < 1.29 is 19.5 Å². The summed E-state index contributed by atoms with van der Waals surface area (Å²) < 4.78 is 3.79. The predicted molar refractivity (Wildman–Crippen MR) is 204 cm³/mol. The normalized spacial score (nSPS) is 17.6. The molecule has 3 N–H and O–H groups in total. The third kappa shape index (κ3) is 7.52. The van der Waals surface area contributed by atoms with Crippen molar-refractivity contribution in [2.45, 2.75) is 91.6 Å². The first-order valence-electron chi connectivity index (χ1n) is 18.4. The number of carbonyl (C=O) groups is 3. The maximum atomic E-state index is 13.7. The second-order valence-corrected chi connectivity index (χ2v) is 15.1. The molecule has 4 aromatic rings. The first-order chi connectivity index (χ1) is 24.9. The second-order valence-electron chi connectivity index (χ2n) is 14.7. The summed E-state index contributed by atoms with van der Waals surface area (Å²) in [6, 6.07) is 11.5. The summed E-state index contributed by atoms with van der Waals surface area (Å²) in [5, 5.41) is 15.9. The first kappa shape index (κ1) is 37.3. The molecule has 3 heterocycles. The number of hydrogen-bond acceptors (Lipinski definition) is 6. The molecule has 276 valence electrons. The van der Waals surface area contributed by atoms with E-state index >= 15 is 0 Å². The molecule has 2 aromatic heterocycles. The zero-order chi connectivity index (χ0) is 37.3. The van der Waals surface area contributed by atoms with Gasteiger partial charge in [-0.05, 0) is 81.0 Å². The molecule has 1 fully saturated rings. The number of amides is 2. The van der Waals surface area contributed by atoms with E-state index in [0.29, 0.717) is 59.4 Å². The number of aryl methyl sites for hydroxylation is 1. The van der Waals surface area contributed by atoms with Gasteiger partial charge >= 0.3 is 5.97 Å². The van der Waals surface area contributed by atoms with Crippen molar-refractivity contribution in [3.63, 3.8) is 0 Å². The van der Waals surface area contributed by atoms with E-state index in [-0.39, 0.29) is 17.7 Å². The van der Waals surface area contributed by atoms with E-state index in [1.807, 2.05) is 60.5 Å². The Morgan fingerprint density at radius 3 is 2.21 bits per heavy atom. The van der Waals surface area contributed by atoms with Crippen molar-refractivity contribution in [2.24, 2.45) is 25.9 Å². The lowest BCUT2D eigenvalue weighted by molar-refractivity contribution is -0.143. The number of imidazole rings is 2. The first-order valence-corrected chi connectivity index (χ1v) is 18.8. The number of nitrogens with one attached hydrogen (secondary N) is 2. The highest BCUT2D eigenvalue weighted by molar-refractivity contribution is 6.36. The molecule has 2 amide bonds. The number of carboxylic acid groups (broad SMARTS) is 1. The minimum absolute atomic E-state index is 0.247. The number of carbonyl (C=O) groups excluding carboxylic acids is 2. The number of fused-ring (bicyclic) bond motifs is 1. The minimum atomic E-state index is -0.696. The predicted octanol–water partition coefficient (Wildman–Crippen LogP) is 7.44. The van der Waals surface area contributed by atoms with Gasteiger partial charge in [0.05, 0.1) is 28.0 Å². The number of carboxylic acids is 1. The zero-order valence-corrected chi connectivity index (χ0v) is 31.8. The maximum Gasteiger partial charge on any atom is 0.306 e. The van der Waals surface area contributed by atoms with Crippen molar-refractivity contribution in [3.8, 4) is 11.1 Å². The highest BCUT2D eigenvalue weighted by atomic mass is 35.5. The molecule has 1 saturated carbocycles. The lowest BCUT2D eigenvalue weighted by Crippen LogP contribution is -2.42. The molecule has 2 aromatic carbocycles. The fraction of sp³-hybridized carbons (Fsp3) is 0.475. The lowest BCUT2D eigenvalue weighted by atomic mass is 9.85. The smallest absolute Gasteiger partial charge is 0.306 e. The van der Waals surface area contributed by atoms with Crippen LogP contribution >= 0.6 is 11.6 Å². The molecule has 0 spiro atoms. The van der Waals surface area contributed by atoms with Gasteiger partial charge in [-0.3, -0.25) is 19.3 Å². The average molecular weight is 728 g/mol. The third-order valence-corrected chi connectivity index (χ3v) is 11.4. The van der Waals surface area contributed by atoms with E-state index in [0.717, 1.165) is 84.5 Å². The summed E-state index contributed by atoms with van der Waals surface area (Å²) in [7, 11) is 3.78. The van der Waals surface area contributed by atoms with Gasteiger partial charge in [0, 0.05) is 62.3 Å². The van der Waals surface area contributed by atoms with Gasteiger partial charge in [-0.1, -0.05) is 56.6 Å². The van der Waals surface area contributed by atoms with Crippen molar-refractivity contribution in [3.05, 3.63) is 81.4 Å². The van der Waals surface area contributed by atoms with E-state index < -0.39 is 5.97 Å². The lowest BCUT2D eigenvalue weighted by Gasteiger charge is -2.37. The Hall–Kier alpha value is -4.48. The van der Waals surface area contributed by atoms with Crippen LogP contribution in [-0.4, -0.2) is 59.5 Å². The van der Waals surface area contributed by atoms with Gasteiger partial charge in [0.1, 0.15) is 0 Å². The summed E-state index contributed by atoms with van der Waals surface area (Å²) in [5.41, 5.74) is 7.47. The minimum Gasteiger partial charge on any atom is -0.481 e. The number of aliphatic carboxylic acids is 1. The average Bonchev–Trinajstić information content (AvgIpc) is 3.64. The Balaban J connectivity index is 1.17. The summed E-state index contributed by atoms with van der Waals surface area (Å²) in [6.45, 7) is 9.88. The molecule has 0 unspecified atom stereocenters. The van der Waals surface area contributed by atoms with E-state index in [1.54, 1.807) is 6.07 Å². The quantitative estimate of drug-likeness (QED) is 0.146. The van der Waals surface area contributed by atoms with Crippen molar-refractivity contribution in [1.82, 2.24) is 24.0 Å². The van der Waals surface area contributed by atoms with Crippen molar-refractivity contribution >= 4 is 40.8 Å². The Morgan fingerprint density at radius 2 is 1.56 bits per heavy atom. The van der Waals surface area contributed by atoms with Crippen LogP contribution in [0.3, 0.4) is 0 Å². The van der Waals surface area contributed by atoms with Gasteiger partial charge in [-0.15, -0.1) is 0 Å². The molecule has 0 saturated heterocycles. The number of rotatable bonds is 11. The number of aromatic nitrogens is 4. The highest BCUT2D eigenvalue weighted by Gasteiger charge is 2.33. The zero-order valence-electron chi connectivity index (χ0n) is 31.1. The fourth-order valence-electron chi connectivity index (χ4n) is 7.82. The van der Waals surface area contributed by atoms with Crippen LogP contribution < -0.4 is 10.6 Å². The highest BCUT2D eigenvalue weighted by Crippen LogP contribution is 2.38. The standard InChI is InChI=1S/C40H50ClN7O4/c1-7-29-33(19-14-23(2)3)46(5)36(42-29)39(50)45-31-13-9-11-28(35(31)41)27-10-8-12-30(24(27)4)44-38(49)37-43-32-22-48(21-20-34(32)47(37)6)26-17-15-25(16-18-26)40(51)52/h8-13,23,25-26H,7,14-22H2,1-6H3,(H,44,49)(H,45,50)(H,51,52). The SMILES string of the molecule is CCc1nc(C(=O)Nc2cccc(-c3cccc(NC(=O)c4nc5c(n4C)CCN(C4CCC(C(=O)O)CC4)C5)c3C)c2Cl)n(C)c1CCC(C)C. The fourth-order valence-corrected chi connectivity index (χ4v) is 8.09. The molecule has 1 aliphatic carbocycles. The Labute approximate surface area is 310 Å². The molecule has 0 bridgehead atoms. The second kappa shape index (κ2) is 15.6. The summed E-state index contributed by atoms with van der Waals surface area (Å²) in [6.07, 6.45) is 6.54. The van der Waals surface area contributed by atoms with Crippen LogP contribution in [0.5, 0.6) is 0 Å². The van der Waals surface area contributed by atoms with E-state index in [9.17, 15) is 19.5 Å².